The van der Waals surface area contributed by atoms with E-state index in [4.69, 9.17) is 0 Å². The summed E-state index contributed by atoms with van der Waals surface area (Å²) in [7, 11) is 0. The maximum atomic E-state index is 12.2. The van der Waals surface area contributed by atoms with Crippen LogP contribution >= 0.6 is 15.9 Å². The van der Waals surface area contributed by atoms with Crippen LogP contribution in [0.3, 0.4) is 0 Å². The summed E-state index contributed by atoms with van der Waals surface area (Å²) in [6.45, 7) is 0. The van der Waals surface area contributed by atoms with E-state index in [2.05, 4.69) is 21.2 Å². The molecule has 92 valence electrons. The molecule has 0 spiro atoms. The lowest BCUT2D eigenvalue weighted by Gasteiger charge is -2.29. The Hall–Kier alpha value is -0.520. The largest absolute Gasteiger partial charge is 0.345 e. The molecule has 6 heteroatoms. The van der Waals surface area contributed by atoms with Gasteiger partial charge in [-0.1, -0.05) is 28.8 Å². The van der Waals surface area contributed by atoms with Gasteiger partial charge >= 0.3 is 6.43 Å². The van der Waals surface area contributed by atoms with Crippen molar-refractivity contribution in [2.45, 2.75) is 44.1 Å². The Labute approximate surface area is 101 Å². The van der Waals surface area contributed by atoms with Crippen LogP contribution in [0.4, 0.5) is 8.78 Å². The molecule has 0 bridgehead atoms. The molecule has 0 heterocycles. The predicted octanol–water partition coefficient (Wildman–Crippen LogP) is 2.03. The number of Topliss-reactive ketones (excluding diaryl/α,β-unsaturated/α-hetero) is 1. The second-order valence-electron chi connectivity index (χ2n) is 4.13. The highest BCUT2D eigenvalue weighted by Gasteiger charge is 2.38. The van der Waals surface area contributed by atoms with E-state index in [1.165, 1.54) is 0 Å². The van der Waals surface area contributed by atoms with E-state index in [-0.39, 0.29) is 17.5 Å². The Morgan fingerprint density at radius 3 is 2.31 bits per heavy atom. The summed E-state index contributed by atoms with van der Waals surface area (Å²) in [5.74, 6) is -1.35. The first-order chi connectivity index (χ1) is 7.49. The Morgan fingerprint density at radius 1 is 1.31 bits per heavy atom. The second kappa shape index (κ2) is 5.70. The number of ketones is 1. The summed E-state index contributed by atoms with van der Waals surface area (Å²) in [5, 5.41) is 2.52. The number of hydrogen-bond donors (Lipinski definition) is 1. The molecule has 0 aromatic heterocycles. The third kappa shape index (κ3) is 3.50. The van der Waals surface area contributed by atoms with Gasteiger partial charge in [0.1, 0.15) is 5.78 Å². The Balaban J connectivity index is 2.65. The van der Waals surface area contributed by atoms with Crippen molar-refractivity contribution in [2.24, 2.45) is 0 Å². The molecule has 0 aromatic carbocycles. The van der Waals surface area contributed by atoms with Gasteiger partial charge in [0, 0.05) is 12.0 Å². The number of carbonyl (C=O) groups excluding carboxylic acids is 2. The number of nitrogens with one attached hydrogen (secondary N) is 1. The number of rotatable bonds is 5. The van der Waals surface area contributed by atoms with Crippen LogP contribution < -0.4 is 5.32 Å². The fraction of sp³-hybridized carbons (Fsp3) is 0.800. The first kappa shape index (κ1) is 13.5. The van der Waals surface area contributed by atoms with Crippen molar-refractivity contribution in [1.29, 1.82) is 0 Å². The van der Waals surface area contributed by atoms with E-state index >= 15 is 0 Å². The molecule has 1 fully saturated rings. The molecule has 3 nitrogen and oxygen atoms in total. The van der Waals surface area contributed by atoms with Gasteiger partial charge in [0.05, 0.1) is 5.33 Å². The topological polar surface area (TPSA) is 46.2 Å². The molecule has 1 aliphatic carbocycles. The zero-order valence-electron chi connectivity index (χ0n) is 8.77. The van der Waals surface area contributed by atoms with Crippen molar-refractivity contribution in [1.82, 2.24) is 5.32 Å². The number of carbonyl (C=O) groups is 2. The van der Waals surface area contributed by atoms with E-state index in [0.717, 1.165) is 12.8 Å². The average molecular weight is 298 g/mol. The highest BCUT2D eigenvalue weighted by molar-refractivity contribution is 9.09. The Morgan fingerprint density at radius 2 is 1.88 bits per heavy atom. The van der Waals surface area contributed by atoms with Gasteiger partial charge in [0.2, 0.25) is 0 Å². The van der Waals surface area contributed by atoms with Gasteiger partial charge in [-0.15, -0.1) is 0 Å². The first-order valence-electron chi connectivity index (χ1n) is 5.17. The molecule has 1 saturated carbocycles. The highest BCUT2D eigenvalue weighted by Crippen LogP contribution is 2.33. The Kier molecular flexibility index (Phi) is 4.83. The quantitative estimate of drug-likeness (QED) is 0.789. The lowest BCUT2D eigenvalue weighted by molar-refractivity contribution is -0.134. The maximum Gasteiger partial charge on any atom is 0.315 e. The van der Waals surface area contributed by atoms with Crippen LogP contribution in [-0.4, -0.2) is 29.0 Å². The van der Waals surface area contributed by atoms with Crippen molar-refractivity contribution in [3.05, 3.63) is 0 Å². The van der Waals surface area contributed by atoms with E-state index in [1.807, 2.05) is 0 Å². The van der Waals surface area contributed by atoms with Gasteiger partial charge in [-0.25, -0.2) is 0 Å². The van der Waals surface area contributed by atoms with Crippen LogP contribution in [0.25, 0.3) is 0 Å². The van der Waals surface area contributed by atoms with E-state index in [9.17, 15) is 18.4 Å². The molecule has 0 saturated heterocycles. The van der Waals surface area contributed by atoms with Gasteiger partial charge in [0.25, 0.3) is 5.91 Å². The van der Waals surface area contributed by atoms with Gasteiger partial charge < -0.3 is 5.32 Å². The molecule has 0 unspecified atom stereocenters. The third-order valence-corrected chi connectivity index (χ3v) is 3.46. The molecule has 1 rings (SSSR count). The molecule has 0 atom stereocenters. The van der Waals surface area contributed by atoms with Gasteiger partial charge in [0.15, 0.2) is 0 Å². The zero-order valence-corrected chi connectivity index (χ0v) is 10.4. The molecule has 16 heavy (non-hydrogen) atoms. The molecule has 0 aliphatic heterocycles. The van der Waals surface area contributed by atoms with Crippen molar-refractivity contribution in [3.8, 4) is 0 Å². The fourth-order valence-electron chi connectivity index (χ4n) is 2.14. The Bertz CT molecular complexity index is 278. The van der Waals surface area contributed by atoms with E-state index in [0.29, 0.717) is 12.8 Å². The van der Waals surface area contributed by atoms with Crippen molar-refractivity contribution < 1.29 is 18.4 Å². The third-order valence-electron chi connectivity index (χ3n) is 2.83. The molecule has 1 N–H and O–H groups in total. The molecule has 1 amide bonds. The highest BCUT2D eigenvalue weighted by atomic mass is 79.9. The number of halogens is 3. The van der Waals surface area contributed by atoms with Crippen LogP contribution in [0, 0.1) is 0 Å². The van der Waals surface area contributed by atoms with Gasteiger partial charge in [-0.3, -0.25) is 9.59 Å². The molecular weight excluding hydrogens is 284 g/mol. The van der Waals surface area contributed by atoms with Crippen molar-refractivity contribution >= 4 is 27.6 Å². The van der Waals surface area contributed by atoms with Crippen molar-refractivity contribution in [3.63, 3.8) is 0 Å². The smallest absolute Gasteiger partial charge is 0.315 e. The minimum atomic E-state index is -3.02. The van der Waals surface area contributed by atoms with Crippen LogP contribution in [-0.2, 0) is 9.59 Å². The number of alkyl halides is 3. The lowest BCUT2D eigenvalue weighted by Crippen LogP contribution is -2.50. The SMILES string of the molecule is O=C(CBr)CC1(NC(=O)C(F)F)CCCC1. The van der Waals surface area contributed by atoms with Crippen LogP contribution in [0.15, 0.2) is 0 Å². The summed E-state index contributed by atoms with van der Waals surface area (Å²) in [5.41, 5.74) is -0.738. The minimum absolute atomic E-state index is 0.0727. The number of hydrogen-bond acceptors (Lipinski definition) is 2. The summed E-state index contributed by atoms with van der Waals surface area (Å²) >= 11 is 3.03. The fourth-order valence-corrected chi connectivity index (χ4v) is 2.34. The summed E-state index contributed by atoms with van der Waals surface area (Å²) in [6, 6.07) is 0. The molecule has 0 radical (unpaired) electrons. The van der Waals surface area contributed by atoms with Crippen LogP contribution in [0.2, 0.25) is 0 Å². The lowest BCUT2D eigenvalue weighted by atomic mass is 9.91. The van der Waals surface area contributed by atoms with E-state index in [1.54, 1.807) is 0 Å². The molecule has 0 aromatic rings. The van der Waals surface area contributed by atoms with Crippen LogP contribution in [0.5, 0.6) is 0 Å². The maximum absolute atomic E-state index is 12.2. The standard InChI is InChI=1S/C10H14BrF2NO2/c11-6-7(15)5-10(3-1-2-4-10)14-9(16)8(12)13/h8H,1-6H2,(H,14,16). The summed E-state index contributed by atoms with van der Waals surface area (Å²) < 4.78 is 24.3. The zero-order chi connectivity index (χ0) is 12.2. The minimum Gasteiger partial charge on any atom is -0.345 e. The van der Waals surface area contributed by atoms with Crippen LogP contribution in [0.1, 0.15) is 32.1 Å². The molecule has 1 aliphatic rings. The second-order valence-corrected chi connectivity index (χ2v) is 4.69. The molecular formula is C10H14BrF2NO2. The van der Waals surface area contributed by atoms with E-state index < -0.39 is 17.9 Å². The summed E-state index contributed by atoms with van der Waals surface area (Å²) in [6.07, 6.45) is 0.0417. The first-order valence-corrected chi connectivity index (χ1v) is 6.29. The predicted molar refractivity (Wildman–Crippen MR) is 58.8 cm³/mol. The number of amides is 1. The van der Waals surface area contributed by atoms with Crippen molar-refractivity contribution in [2.75, 3.05) is 5.33 Å². The van der Waals surface area contributed by atoms with Gasteiger partial charge in [-0.2, -0.15) is 8.78 Å². The monoisotopic (exact) mass is 297 g/mol. The summed E-state index contributed by atoms with van der Waals surface area (Å²) in [4.78, 5) is 22.3. The normalized spacial score (nSPS) is 18.8. The van der Waals surface area contributed by atoms with Gasteiger partial charge in [-0.05, 0) is 12.8 Å². The average Bonchev–Trinajstić information content (AvgIpc) is 2.66.